The molecule has 2 heterocycles. The number of amides is 1. The molecule has 0 radical (unpaired) electrons. The molecule has 1 aromatic heterocycles. The molecule has 6 nitrogen and oxygen atoms in total. The highest BCUT2D eigenvalue weighted by Gasteiger charge is 2.35. The van der Waals surface area contributed by atoms with Gasteiger partial charge in [-0.3, -0.25) is 4.79 Å². The molecule has 7 heteroatoms. The molecule has 1 aliphatic rings. The fourth-order valence-corrected chi connectivity index (χ4v) is 3.56. The SMILES string of the molecule is CCNc1nc(N)c(C(=O)N2CC(C)C(N(C)C)C2)s1. The number of carbonyl (C=O) groups excluding carboxylic acids is 1. The van der Waals surface area contributed by atoms with E-state index in [2.05, 4.69) is 36.2 Å². The first kappa shape index (κ1) is 15.1. The van der Waals surface area contributed by atoms with Crippen molar-refractivity contribution in [3.05, 3.63) is 4.88 Å². The molecule has 20 heavy (non-hydrogen) atoms. The number of likely N-dealkylation sites (N-methyl/N-ethyl adjacent to an activating group) is 1. The second-order valence-electron chi connectivity index (χ2n) is 5.48. The fourth-order valence-electron chi connectivity index (χ4n) is 2.64. The molecule has 2 rings (SSSR count). The standard InChI is InChI=1S/C13H23N5OS/c1-5-15-13-16-11(14)10(20-13)12(19)18-6-8(2)9(7-18)17(3)4/h8-9H,5-7,14H2,1-4H3,(H,15,16). The summed E-state index contributed by atoms with van der Waals surface area (Å²) in [5, 5.41) is 3.81. The van der Waals surface area contributed by atoms with Crippen molar-refractivity contribution in [2.75, 3.05) is 44.8 Å². The highest BCUT2D eigenvalue weighted by molar-refractivity contribution is 7.18. The highest BCUT2D eigenvalue weighted by atomic mass is 32.1. The number of nitrogens with two attached hydrogens (primary N) is 1. The molecular weight excluding hydrogens is 274 g/mol. The normalized spacial score (nSPS) is 22.6. The molecule has 0 aliphatic carbocycles. The summed E-state index contributed by atoms with van der Waals surface area (Å²) in [6.45, 7) is 6.46. The van der Waals surface area contributed by atoms with Gasteiger partial charge in [0.25, 0.3) is 5.91 Å². The lowest BCUT2D eigenvalue weighted by Crippen LogP contribution is -2.35. The van der Waals surface area contributed by atoms with Crippen LogP contribution in [0.15, 0.2) is 0 Å². The third-order valence-corrected chi connectivity index (χ3v) is 4.72. The number of nitrogens with one attached hydrogen (secondary N) is 1. The number of carbonyl (C=O) groups is 1. The third-order valence-electron chi connectivity index (χ3n) is 3.70. The predicted octanol–water partition coefficient (Wildman–Crippen LogP) is 1.18. The first-order valence-corrected chi connectivity index (χ1v) is 7.71. The van der Waals surface area contributed by atoms with E-state index >= 15 is 0 Å². The molecule has 2 atom stereocenters. The maximum absolute atomic E-state index is 12.6. The quantitative estimate of drug-likeness (QED) is 0.873. The molecule has 0 spiro atoms. The number of nitrogen functional groups attached to an aromatic ring is 1. The Balaban J connectivity index is 2.12. The van der Waals surface area contributed by atoms with Crippen LogP contribution >= 0.6 is 11.3 Å². The van der Waals surface area contributed by atoms with Crippen LogP contribution in [0.25, 0.3) is 0 Å². The van der Waals surface area contributed by atoms with Crippen molar-refractivity contribution in [2.45, 2.75) is 19.9 Å². The Hall–Kier alpha value is -1.34. The van der Waals surface area contributed by atoms with Crippen LogP contribution in [0, 0.1) is 5.92 Å². The summed E-state index contributed by atoms with van der Waals surface area (Å²) >= 11 is 1.34. The zero-order valence-electron chi connectivity index (χ0n) is 12.5. The molecule has 0 aromatic carbocycles. The summed E-state index contributed by atoms with van der Waals surface area (Å²) in [7, 11) is 4.11. The van der Waals surface area contributed by atoms with Gasteiger partial charge in [0, 0.05) is 25.7 Å². The Labute approximate surface area is 124 Å². The molecule has 1 saturated heterocycles. The topological polar surface area (TPSA) is 74.5 Å². The average Bonchev–Trinajstić information content (AvgIpc) is 2.92. The van der Waals surface area contributed by atoms with Crippen LogP contribution in [0.3, 0.4) is 0 Å². The van der Waals surface area contributed by atoms with Crippen molar-refractivity contribution in [3.8, 4) is 0 Å². The van der Waals surface area contributed by atoms with Gasteiger partial charge in [0.15, 0.2) is 5.13 Å². The first-order chi connectivity index (χ1) is 9.43. The Morgan fingerprint density at radius 1 is 1.55 bits per heavy atom. The molecule has 112 valence electrons. The summed E-state index contributed by atoms with van der Waals surface area (Å²) in [6.07, 6.45) is 0. The maximum Gasteiger partial charge on any atom is 0.267 e. The Morgan fingerprint density at radius 2 is 2.25 bits per heavy atom. The number of nitrogens with zero attached hydrogens (tertiary/aromatic N) is 3. The van der Waals surface area contributed by atoms with Crippen LogP contribution < -0.4 is 11.1 Å². The molecule has 1 amide bonds. The minimum atomic E-state index is 0.000327. The lowest BCUT2D eigenvalue weighted by molar-refractivity contribution is 0.0787. The van der Waals surface area contributed by atoms with Crippen molar-refractivity contribution in [2.24, 2.45) is 5.92 Å². The van der Waals surface area contributed by atoms with Gasteiger partial charge < -0.3 is 20.9 Å². The van der Waals surface area contributed by atoms with E-state index in [1.54, 1.807) is 0 Å². The van der Waals surface area contributed by atoms with Crippen molar-refractivity contribution in [1.82, 2.24) is 14.8 Å². The van der Waals surface area contributed by atoms with E-state index in [-0.39, 0.29) is 5.91 Å². The van der Waals surface area contributed by atoms with Crippen LogP contribution in [0.2, 0.25) is 0 Å². The molecule has 1 fully saturated rings. The molecule has 0 bridgehead atoms. The number of aromatic nitrogens is 1. The maximum atomic E-state index is 12.6. The second kappa shape index (κ2) is 5.97. The van der Waals surface area contributed by atoms with Crippen LogP contribution in [-0.4, -0.2) is 60.5 Å². The van der Waals surface area contributed by atoms with Gasteiger partial charge >= 0.3 is 0 Å². The van der Waals surface area contributed by atoms with Crippen LogP contribution in [0.5, 0.6) is 0 Å². The average molecular weight is 297 g/mol. The van der Waals surface area contributed by atoms with E-state index in [1.807, 2.05) is 11.8 Å². The molecule has 1 aliphatic heterocycles. The zero-order chi connectivity index (χ0) is 14.9. The molecule has 3 N–H and O–H groups in total. The van der Waals surface area contributed by atoms with Gasteiger partial charge in [-0.25, -0.2) is 4.98 Å². The number of likely N-dealkylation sites (tertiary alicyclic amines) is 1. The van der Waals surface area contributed by atoms with Gasteiger partial charge in [-0.05, 0) is 26.9 Å². The number of anilines is 2. The molecule has 2 unspecified atom stereocenters. The van der Waals surface area contributed by atoms with Crippen molar-refractivity contribution >= 4 is 28.2 Å². The van der Waals surface area contributed by atoms with Gasteiger partial charge in [0.2, 0.25) is 0 Å². The Kier molecular flexibility index (Phi) is 4.49. The largest absolute Gasteiger partial charge is 0.382 e. The first-order valence-electron chi connectivity index (χ1n) is 6.89. The summed E-state index contributed by atoms with van der Waals surface area (Å²) in [5.41, 5.74) is 5.87. The van der Waals surface area contributed by atoms with Crippen LogP contribution in [0.4, 0.5) is 10.9 Å². The fraction of sp³-hybridized carbons (Fsp3) is 0.692. The summed E-state index contributed by atoms with van der Waals surface area (Å²) in [5.74, 6) is 0.800. The minimum absolute atomic E-state index is 0.000327. The molecule has 1 aromatic rings. The lowest BCUT2D eigenvalue weighted by atomic mass is 10.1. The highest BCUT2D eigenvalue weighted by Crippen LogP contribution is 2.29. The number of thiazole rings is 1. The van der Waals surface area contributed by atoms with Gasteiger partial charge in [-0.1, -0.05) is 18.3 Å². The van der Waals surface area contributed by atoms with Gasteiger partial charge in [-0.15, -0.1) is 0 Å². The van der Waals surface area contributed by atoms with Crippen molar-refractivity contribution < 1.29 is 4.79 Å². The van der Waals surface area contributed by atoms with Crippen molar-refractivity contribution in [3.63, 3.8) is 0 Å². The number of hydrogen-bond donors (Lipinski definition) is 2. The van der Waals surface area contributed by atoms with E-state index in [0.717, 1.165) is 19.6 Å². The monoisotopic (exact) mass is 297 g/mol. The third kappa shape index (κ3) is 2.88. The van der Waals surface area contributed by atoms with E-state index in [9.17, 15) is 4.79 Å². The van der Waals surface area contributed by atoms with E-state index < -0.39 is 0 Å². The van der Waals surface area contributed by atoms with E-state index in [4.69, 9.17) is 5.73 Å². The summed E-state index contributed by atoms with van der Waals surface area (Å²) < 4.78 is 0. The van der Waals surface area contributed by atoms with Crippen LogP contribution in [0.1, 0.15) is 23.5 Å². The van der Waals surface area contributed by atoms with Crippen molar-refractivity contribution in [1.29, 1.82) is 0 Å². The van der Waals surface area contributed by atoms with Gasteiger partial charge in [-0.2, -0.15) is 0 Å². The smallest absolute Gasteiger partial charge is 0.267 e. The summed E-state index contributed by atoms with van der Waals surface area (Å²) in [6, 6.07) is 0.404. The number of hydrogen-bond acceptors (Lipinski definition) is 6. The Morgan fingerprint density at radius 3 is 2.80 bits per heavy atom. The van der Waals surface area contributed by atoms with E-state index in [1.165, 1.54) is 11.3 Å². The number of rotatable bonds is 4. The van der Waals surface area contributed by atoms with Gasteiger partial charge in [0.05, 0.1) is 0 Å². The molecule has 0 saturated carbocycles. The summed E-state index contributed by atoms with van der Waals surface area (Å²) in [4.78, 5) is 21.4. The zero-order valence-corrected chi connectivity index (χ0v) is 13.3. The van der Waals surface area contributed by atoms with Crippen LogP contribution in [-0.2, 0) is 0 Å². The minimum Gasteiger partial charge on any atom is -0.382 e. The lowest BCUT2D eigenvalue weighted by Gasteiger charge is -2.22. The van der Waals surface area contributed by atoms with Gasteiger partial charge in [0.1, 0.15) is 10.7 Å². The predicted molar refractivity (Wildman–Crippen MR) is 83.2 cm³/mol. The second-order valence-corrected chi connectivity index (χ2v) is 6.48. The Bertz CT molecular complexity index is 487. The molecular formula is C13H23N5OS. The van der Waals surface area contributed by atoms with E-state index in [0.29, 0.717) is 27.8 Å².